The summed E-state index contributed by atoms with van der Waals surface area (Å²) in [6, 6.07) is 2.06. The first-order valence-corrected chi connectivity index (χ1v) is 12.0. The molecule has 4 aliphatic rings. The topological polar surface area (TPSA) is 85.1 Å². The van der Waals surface area contributed by atoms with E-state index in [1.165, 1.54) is 12.8 Å². The van der Waals surface area contributed by atoms with E-state index in [4.69, 9.17) is 5.73 Å². The first-order valence-electron chi connectivity index (χ1n) is 11.2. The maximum absolute atomic E-state index is 12.2. The van der Waals surface area contributed by atoms with Crippen molar-refractivity contribution in [3.05, 3.63) is 40.1 Å². The van der Waals surface area contributed by atoms with Gasteiger partial charge in [-0.15, -0.1) is 0 Å². The van der Waals surface area contributed by atoms with Gasteiger partial charge in [0.1, 0.15) is 0 Å². The highest BCUT2D eigenvalue weighted by Gasteiger charge is 2.60. The van der Waals surface area contributed by atoms with Gasteiger partial charge in [-0.2, -0.15) is 0 Å². The number of rotatable bonds is 2. The Morgan fingerprint density at radius 3 is 2.77 bits per heavy atom. The molecular weight excluding hydrogens is 442 g/mol. The van der Waals surface area contributed by atoms with Gasteiger partial charge in [0.25, 0.3) is 5.91 Å². The second kappa shape index (κ2) is 6.91. The summed E-state index contributed by atoms with van der Waals surface area (Å²) >= 11 is 3.52. The molecule has 5 nitrogen and oxygen atoms in total. The summed E-state index contributed by atoms with van der Waals surface area (Å²) in [5.74, 6) is 1.77. The highest BCUT2D eigenvalue weighted by atomic mass is 79.9. The minimum absolute atomic E-state index is 0.0443. The normalized spacial score (nSPS) is 42.1. The lowest BCUT2D eigenvalue weighted by Gasteiger charge is -2.58. The van der Waals surface area contributed by atoms with E-state index in [-0.39, 0.29) is 28.7 Å². The van der Waals surface area contributed by atoms with Crippen LogP contribution in [0.1, 0.15) is 74.3 Å². The zero-order valence-electron chi connectivity index (χ0n) is 17.7. The molecule has 0 saturated heterocycles. The molecule has 1 aliphatic heterocycles. The monoisotopic (exact) mass is 471 g/mol. The average molecular weight is 472 g/mol. The number of carbonyl (C=O) groups is 2. The largest absolute Gasteiger partial charge is 0.366 e. The van der Waals surface area contributed by atoms with E-state index in [1.807, 2.05) is 0 Å². The zero-order valence-corrected chi connectivity index (χ0v) is 19.2. The molecule has 0 bridgehead atoms. The number of primary amides is 1. The fraction of sp³-hybridized carbons (Fsp3) is 0.625. The summed E-state index contributed by atoms with van der Waals surface area (Å²) in [5, 5.41) is 3.23. The predicted octanol–water partition coefficient (Wildman–Crippen LogP) is 4.32. The summed E-state index contributed by atoms with van der Waals surface area (Å²) < 4.78 is 0.747. The van der Waals surface area contributed by atoms with Gasteiger partial charge in [0, 0.05) is 28.0 Å². The van der Waals surface area contributed by atoms with Crippen molar-refractivity contribution in [3.63, 3.8) is 0 Å². The van der Waals surface area contributed by atoms with Crippen LogP contribution in [0.3, 0.4) is 0 Å². The third-order valence-corrected chi connectivity index (χ3v) is 9.85. The third kappa shape index (κ3) is 2.75. The van der Waals surface area contributed by atoms with E-state index < -0.39 is 5.91 Å². The van der Waals surface area contributed by atoms with Crippen LogP contribution < -0.4 is 11.1 Å². The first-order chi connectivity index (χ1) is 14.3. The molecule has 1 aromatic heterocycles. The van der Waals surface area contributed by atoms with Gasteiger partial charge in [-0.25, -0.2) is 0 Å². The minimum atomic E-state index is -0.401. The number of hydrogen-bond donors (Lipinski definition) is 2. The summed E-state index contributed by atoms with van der Waals surface area (Å²) in [6.07, 6.45) is 12.5. The summed E-state index contributed by atoms with van der Waals surface area (Å²) in [5.41, 5.74) is 7.36. The number of nitrogens with two attached hydrogens (primary N) is 1. The van der Waals surface area contributed by atoms with E-state index in [0.717, 1.165) is 35.8 Å². The highest BCUT2D eigenvalue weighted by Crippen LogP contribution is 2.67. The Morgan fingerprint density at radius 2 is 2.00 bits per heavy atom. The molecule has 2 amide bonds. The standard InChI is InChI=1S/C24H30BrN3O2/c1-23-10-7-15-13(3-6-18-24(15,2)11-8-19(29)28-18)14(23)4-5-16(23)21-20(22(26)30)17(25)9-12-27-21/h8-9,11-16,18H,3-7,10H2,1-2H3,(H2,26,30)(H,28,29)/t13-,14-,15+,16?,18?,23-,24+/m0/s1. The van der Waals surface area contributed by atoms with Gasteiger partial charge in [0.15, 0.2) is 0 Å². The molecule has 3 aliphatic carbocycles. The molecule has 2 unspecified atom stereocenters. The van der Waals surface area contributed by atoms with Crippen LogP contribution in [0.4, 0.5) is 0 Å². The van der Waals surface area contributed by atoms with E-state index in [0.29, 0.717) is 23.3 Å². The quantitative estimate of drug-likeness (QED) is 0.672. The third-order valence-electron chi connectivity index (χ3n) is 9.19. The molecule has 6 heteroatoms. The number of hydrogen-bond acceptors (Lipinski definition) is 3. The highest BCUT2D eigenvalue weighted by molar-refractivity contribution is 9.10. The van der Waals surface area contributed by atoms with Gasteiger partial charge in [-0.1, -0.05) is 19.9 Å². The van der Waals surface area contributed by atoms with Crippen molar-refractivity contribution < 1.29 is 9.59 Å². The van der Waals surface area contributed by atoms with Crippen LogP contribution in [-0.4, -0.2) is 22.8 Å². The number of aromatic nitrogens is 1. The molecule has 7 atom stereocenters. The van der Waals surface area contributed by atoms with Crippen molar-refractivity contribution >= 4 is 27.7 Å². The van der Waals surface area contributed by atoms with Gasteiger partial charge in [-0.3, -0.25) is 14.6 Å². The fourth-order valence-electron chi connectivity index (χ4n) is 7.74. The van der Waals surface area contributed by atoms with Crippen molar-refractivity contribution in [1.82, 2.24) is 10.3 Å². The van der Waals surface area contributed by atoms with Crippen molar-refractivity contribution in [1.29, 1.82) is 0 Å². The molecule has 5 rings (SSSR count). The molecule has 3 fully saturated rings. The summed E-state index contributed by atoms with van der Waals surface area (Å²) in [7, 11) is 0. The van der Waals surface area contributed by atoms with Gasteiger partial charge in [-0.05, 0) is 89.8 Å². The molecule has 3 N–H and O–H groups in total. The molecule has 160 valence electrons. The number of nitrogens with one attached hydrogen (secondary N) is 1. The maximum Gasteiger partial charge on any atom is 0.251 e. The Kier molecular flexibility index (Phi) is 4.66. The number of carbonyl (C=O) groups excluding carboxylic acids is 2. The lowest BCUT2D eigenvalue weighted by molar-refractivity contribution is -0.122. The van der Waals surface area contributed by atoms with Crippen LogP contribution in [0, 0.1) is 28.6 Å². The number of amides is 2. The Labute approximate surface area is 186 Å². The Bertz CT molecular complexity index is 946. The molecule has 2 heterocycles. The molecular formula is C24H30BrN3O2. The smallest absolute Gasteiger partial charge is 0.251 e. The SMILES string of the molecule is C[C@]12C=CC(=O)NC1CC[C@@H]1[C@H]2CC[C@]2(C)C(c3nccc(Br)c3C(N)=O)CC[C@@H]12. The lowest BCUT2D eigenvalue weighted by atomic mass is 9.47. The number of halogens is 1. The van der Waals surface area contributed by atoms with Gasteiger partial charge in [0.05, 0.1) is 11.3 Å². The minimum Gasteiger partial charge on any atom is -0.366 e. The molecule has 0 spiro atoms. The number of nitrogens with zero attached hydrogens (tertiary/aromatic N) is 1. The van der Waals surface area contributed by atoms with Crippen LogP contribution in [0.5, 0.6) is 0 Å². The number of pyridine rings is 1. The second-order valence-corrected chi connectivity index (χ2v) is 11.2. The first kappa shape index (κ1) is 20.2. The van der Waals surface area contributed by atoms with Crippen molar-refractivity contribution in [3.8, 4) is 0 Å². The average Bonchev–Trinajstić information content (AvgIpc) is 3.05. The van der Waals surface area contributed by atoms with Crippen molar-refractivity contribution in [2.75, 3.05) is 0 Å². The van der Waals surface area contributed by atoms with Gasteiger partial charge < -0.3 is 11.1 Å². The summed E-state index contributed by atoms with van der Waals surface area (Å²) in [6.45, 7) is 4.77. The van der Waals surface area contributed by atoms with E-state index >= 15 is 0 Å². The van der Waals surface area contributed by atoms with Crippen molar-refractivity contribution in [2.24, 2.45) is 34.3 Å². The lowest BCUT2D eigenvalue weighted by Crippen LogP contribution is -2.59. The van der Waals surface area contributed by atoms with Crippen LogP contribution in [-0.2, 0) is 4.79 Å². The van der Waals surface area contributed by atoms with Crippen LogP contribution in [0.25, 0.3) is 0 Å². The van der Waals surface area contributed by atoms with E-state index in [9.17, 15) is 9.59 Å². The Morgan fingerprint density at radius 1 is 1.20 bits per heavy atom. The van der Waals surface area contributed by atoms with Crippen LogP contribution in [0.2, 0.25) is 0 Å². The Balaban J connectivity index is 1.50. The molecule has 1 aromatic rings. The van der Waals surface area contributed by atoms with Gasteiger partial charge in [0.2, 0.25) is 5.91 Å². The van der Waals surface area contributed by atoms with Gasteiger partial charge >= 0.3 is 0 Å². The molecule has 3 saturated carbocycles. The fourth-order valence-corrected chi connectivity index (χ4v) is 8.26. The molecule has 30 heavy (non-hydrogen) atoms. The summed E-state index contributed by atoms with van der Waals surface area (Å²) in [4.78, 5) is 28.8. The zero-order chi connectivity index (χ0) is 21.3. The maximum atomic E-state index is 12.2. The number of fused-ring (bicyclic) bond motifs is 5. The second-order valence-electron chi connectivity index (χ2n) is 10.3. The van der Waals surface area contributed by atoms with Crippen LogP contribution >= 0.6 is 15.9 Å². The Hall–Kier alpha value is -1.69. The van der Waals surface area contributed by atoms with E-state index in [2.05, 4.69) is 46.2 Å². The molecule has 0 radical (unpaired) electrons. The van der Waals surface area contributed by atoms with E-state index in [1.54, 1.807) is 18.3 Å². The van der Waals surface area contributed by atoms with Crippen LogP contribution in [0.15, 0.2) is 28.9 Å². The van der Waals surface area contributed by atoms with Crippen molar-refractivity contribution in [2.45, 2.75) is 64.3 Å². The molecule has 0 aromatic carbocycles. The predicted molar refractivity (Wildman–Crippen MR) is 119 cm³/mol.